The van der Waals surface area contributed by atoms with Gasteiger partial charge in [-0.05, 0) is 45.3 Å². The highest BCUT2D eigenvalue weighted by atomic mass is 15.3. The summed E-state index contributed by atoms with van der Waals surface area (Å²) in [6, 6.07) is 0. The SMILES string of the molecule is C1CN[C@@H](N2CCCC2)C1. The number of rotatable bonds is 1. The van der Waals surface area contributed by atoms with Crippen molar-refractivity contribution >= 4 is 0 Å². The molecule has 2 saturated heterocycles. The molecule has 0 aromatic rings. The molecule has 0 unspecified atom stereocenters. The fourth-order valence-corrected chi connectivity index (χ4v) is 2.03. The summed E-state index contributed by atoms with van der Waals surface area (Å²) >= 11 is 0. The number of nitrogens with one attached hydrogen (secondary N) is 1. The highest BCUT2D eigenvalue weighted by Crippen LogP contribution is 2.16. The molecule has 10 heavy (non-hydrogen) atoms. The zero-order valence-electron chi connectivity index (χ0n) is 6.47. The highest BCUT2D eigenvalue weighted by Gasteiger charge is 2.23. The third kappa shape index (κ3) is 1.18. The summed E-state index contributed by atoms with van der Waals surface area (Å²) in [4.78, 5) is 2.59. The third-order valence-corrected chi connectivity index (χ3v) is 2.62. The van der Waals surface area contributed by atoms with Gasteiger partial charge in [-0.25, -0.2) is 0 Å². The van der Waals surface area contributed by atoms with Crippen LogP contribution in [0, 0.1) is 0 Å². The molecule has 2 fully saturated rings. The van der Waals surface area contributed by atoms with E-state index in [1.807, 2.05) is 0 Å². The normalized spacial score (nSPS) is 35.4. The third-order valence-electron chi connectivity index (χ3n) is 2.62. The van der Waals surface area contributed by atoms with Gasteiger partial charge in [0.2, 0.25) is 0 Å². The maximum atomic E-state index is 3.52. The van der Waals surface area contributed by atoms with Crippen LogP contribution in [-0.2, 0) is 0 Å². The summed E-state index contributed by atoms with van der Waals surface area (Å²) in [6.45, 7) is 3.90. The lowest BCUT2D eigenvalue weighted by atomic mass is 10.3. The van der Waals surface area contributed by atoms with Crippen molar-refractivity contribution in [2.45, 2.75) is 31.8 Å². The van der Waals surface area contributed by atoms with Gasteiger partial charge < -0.3 is 5.32 Å². The van der Waals surface area contributed by atoms with E-state index in [1.165, 1.54) is 45.3 Å². The first-order chi connectivity index (χ1) is 4.97. The van der Waals surface area contributed by atoms with Gasteiger partial charge in [-0.1, -0.05) is 0 Å². The van der Waals surface area contributed by atoms with Crippen molar-refractivity contribution in [3.8, 4) is 0 Å². The molecule has 0 aromatic heterocycles. The topological polar surface area (TPSA) is 15.3 Å². The Kier molecular flexibility index (Phi) is 1.91. The summed E-state index contributed by atoms with van der Waals surface area (Å²) in [5.74, 6) is 0. The largest absolute Gasteiger partial charge is 0.302 e. The lowest BCUT2D eigenvalue weighted by Gasteiger charge is -2.22. The Labute approximate surface area is 62.6 Å². The molecule has 1 atom stereocenters. The molecular formula is C8H16N2. The minimum absolute atomic E-state index is 0.738. The Hall–Kier alpha value is -0.0800. The first kappa shape index (κ1) is 6.62. The molecule has 0 radical (unpaired) electrons. The van der Waals surface area contributed by atoms with Crippen LogP contribution >= 0.6 is 0 Å². The number of hydrogen-bond acceptors (Lipinski definition) is 2. The molecule has 0 saturated carbocycles. The molecule has 2 aliphatic heterocycles. The summed E-state index contributed by atoms with van der Waals surface area (Å²) in [5, 5.41) is 3.52. The van der Waals surface area contributed by atoms with Crippen molar-refractivity contribution in [3.05, 3.63) is 0 Å². The molecule has 2 rings (SSSR count). The average Bonchev–Trinajstić information content (AvgIpc) is 2.59. The van der Waals surface area contributed by atoms with E-state index in [0.29, 0.717) is 0 Å². The maximum Gasteiger partial charge on any atom is 0.0597 e. The number of likely N-dealkylation sites (tertiary alicyclic amines) is 1. The fourth-order valence-electron chi connectivity index (χ4n) is 2.03. The summed E-state index contributed by atoms with van der Waals surface area (Å²) in [7, 11) is 0. The van der Waals surface area contributed by atoms with Crippen LogP contribution in [0.4, 0.5) is 0 Å². The highest BCUT2D eigenvalue weighted by molar-refractivity contribution is 4.78. The van der Waals surface area contributed by atoms with Gasteiger partial charge in [-0.3, -0.25) is 4.90 Å². The summed E-state index contributed by atoms with van der Waals surface area (Å²) in [5.41, 5.74) is 0. The van der Waals surface area contributed by atoms with Crippen LogP contribution in [-0.4, -0.2) is 30.7 Å². The fraction of sp³-hybridized carbons (Fsp3) is 1.00. The van der Waals surface area contributed by atoms with Gasteiger partial charge in [-0.15, -0.1) is 0 Å². The minimum atomic E-state index is 0.738. The van der Waals surface area contributed by atoms with Gasteiger partial charge in [0.25, 0.3) is 0 Å². The molecule has 0 aliphatic carbocycles. The maximum absolute atomic E-state index is 3.52. The molecule has 1 N–H and O–H groups in total. The number of hydrogen-bond donors (Lipinski definition) is 1. The molecule has 0 aromatic carbocycles. The predicted octanol–water partition coefficient (Wildman–Crippen LogP) is 0.792. The second kappa shape index (κ2) is 2.89. The Morgan fingerprint density at radius 3 is 2.50 bits per heavy atom. The minimum Gasteiger partial charge on any atom is -0.302 e. The summed E-state index contributed by atoms with van der Waals surface area (Å²) in [6.07, 6.45) is 6.32. The van der Waals surface area contributed by atoms with Crippen molar-refractivity contribution in [2.75, 3.05) is 19.6 Å². The van der Waals surface area contributed by atoms with Crippen LogP contribution in [0.1, 0.15) is 25.7 Å². The van der Waals surface area contributed by atoms with Gasteiger partial charge in [0.1, 0.15) is 0 Å². The van der Waals surface area contributed by atoms with Gasteiger partial charge >= 0.3 is 0 Å². The van der Waals surface area contributed by atoms with E-state index in [1.54, 1.807) is 0 Å². The lowest BCUT2D eigenvalue weighted by molar-refractivity contribution is 0.226. The monoisotopic (exact) mass is 140 g/mol. The van der Waals surface area contributed by atoms with Crippen molar-refractivity contribution in [3.63, 3.8) is 0 Å². The molecule has 2 heterocycles. The molecule has 0 bridgehead atoms. The summed E-state index contributed by atoms with van der Waals surface area (Å²) < 4.78 is 0. The molecule has 0 spiro atoms. The molecule has 2 aliphatic rings. The van der Waals surface area contributed by atoms with Crippen LogP contribution in [0.15, 0.2) is 0 Å². The van der Waals surface area contributed by atoms with E-state index in [0.717, 1.165) is 6.17 Å². The van der Waals surface area contributed by atoms with Crippen molar-refractivity contribution < 1.29 is 0 Å². The first-order valence-corrected chi connectivity index (χ1v) is 4.44. The Morgan fingerprint density at radius 2 is 1.90 bits per heavy atom. The van der Waals surface area contributed by atoms with E-state index in [9.17, 15) is 0 Å². The van der Waals surface area contributed by atoms with E-state index < -0.39 is 0 Å². The molecule has 2 nitrogen and oxygen atoms in total. The van der Waals surface area contributed by atoms with Crippen LogP contribution in [0.2, 0.25) is 0 Å². The van der Waals surface area contributed by atoms with E-state index in [2.05, 4.69) is 10.2 Å². The van der Waals surface area contributed by atoms with Crippen LogP contribution in [0.5, 0.6) is 0 Å². The van der Waals surface area contributed by atoms with Gasteiger partial charge in [0.15, 0.2) is 0 Å². The zero-order valence-corrected chi connectivity index (χ0v) is 6.47. The quantitative estimate of drug-likeness (QED) is 0.579. The van der Waals surface area contributed by atoms with Gasteiger partial charge in [0.05, 0.1) is 6.17 Å². The van der Waals surface area contributed by atoms with Crippen LogP contribution in [0.3, 0.4) is 0 Å². The van der Waals surface area contributed by atoms with E-state index in [4.69, 9.17) is 0 Å². The standard InChI is InChI=1S/C8H16N2/c1-2-7-10(6-1)8-4-3-5-9-8/h8-9H,1-7H2/t8-/m0/s1. The predicted molar refractivity (Wildman–Crippen MR) is 41.8 cm³/mol. The molecule has 0 amide bonds. The molecular weight excluding hydrogens is 124 g/mol. The first-order valence-electron chi connectivity index (χ1n) is 4.44. The molecule has 58 valence electrons. The number of nitrogens with zero attached hydrogens (tertiary/aromatic N) is 1. The second-order valence-electron chi connectivity index (χ2n) is 3.36. The Bertz CT molecular complexity index is 87.8. The van der Waals surface area contributed by atoms with E-state index in [-0.39, 0.29) is 0 Å². The smallest absolute Gasteiger partial charge is 0.0597 e. The average molecular weight is 140 g/mol. The zero-order chi connectivity index (χ0) is 6.81. The van der Waals surface area contributed by atoms with Crippen molar-refractivity contribution in [1.29, 1.82) is 0 Å². The van der Waals surface area contributed by atoms with Gasteiger partial charge in [0, 0.05) is 0 Å². The van der Waals surface area contributed by atoms with Crippen LogP contribution < -0.4 is 5.32 Å². The Morgan fingerprint density at radius 1 is 1.10 bits per heavy atom. The lowest BCUT2D eigenvalue weighted by Crippen LogP contribution is -2.39. The van der Waals surface area contributed by atoms with Crippen molar-refractivity contribution in [2.24, 2.45) is 0 Å². The molecule has 2 heteroatoms. The van der Waals surface area contributed by atoms with Crippen LogP contribution in [0.25, 0.3) is 0 Å². The second-order valence-corrected chi connectivity index (χ2v) is 3.36. The van der Waals surface area contributed by atoms with Crippen molar-refractivity contribution in [1.82, 2.24) is 10.2 Å². The Balaban J connectivity index is 1.85. The van der Waals surface area contributed by atoms with Gasteiger partial charge in [-0.2, -0.15) is 0 Å². The van der Waals surface area contributed by atoms with E-state index >= 15 is 0 Å².